The fourth-order valence-electron chi connectivity index (χ4n) is 2.22. The molecule has 0 radical (unpaired) electrons. The van der Waals surface area contributed by atoms with Gasteiger partial charge in [0.15, 0.2) is 0 Å². The minimum atomic E-state index is -1.11. The van der Waals surface area contributed by atoms with Crippen LogP contribution in [0, 0.1) is 0 Å². The van der Waals surface area contributed by atoms with Crippen LogP contribution in [0.15, 0.2) is 48.7 Å². The number of nitrogens with one attached hydrogen (secondary N) is 2. The fourth-order valence-corrected chi connectivity index (χ4v) is 2.42. The van der Waals surface area contributed by atoms with E-state index in [4.69, 9.17) is 16.7 Å². The lowest BCUT2D eigenvalue weighted by molar-refractivity contribution is -0.110. The molecule has 0 bridgehead atoms. The van der Waals surface area contributed by atoms with Crippen LogP contribution in [-0.2, 0) is 4.79 Å². The van der Waals surface area contributed by atoms with Crippen molar-refractivity contribution in [2.75, 3.05) is 10.6 Å². The average Bonchev–Trinajstić information content (AvgIpc) is 2.81. The topological polar surface area (TPSA) is 78.4 Å². The van der Waals surface area contributed by atoms with E-state index in [2.05, 4.69) is 10.6 Å². The van der Waals surface area contributed by atoms with E-state index in [1.807, 2.05) is 24.3 Å². The Morgan fingerprint density at radius 3 is 2.77 bits per heavy atom. The third-order valence-corrected chi connectivity index (χ3v) is 3.62. The highest BCUT2D eigenvalue weighted by Gasteiger charge is 2.23. The normalized spacial score (nSPS) is 14.6. The third-order valence-electron chi connectivity index (χ3n) is 3.29. The van der Waals surface area contributed by atoms with Gasteiger partial charge in [-0.15, -0.1) is 0 Å². The molecule has 0 atom stereocenters. The number of aromatic carboxylic acids is 1. The van der Waals surface area contributed by atoms with Crippen molar-refractivity contribution >= 4 is 40.4 Å². The van der Waals surface area contributed by atoms with Crippen LogP contribution in [0.3, 0.4) is 0 Å². The van der Waals surface area contributed by atoms with Gasteiger partial charge < -0.3 is 15.7 Å². The second-order valence-corrected chi connectivity index (χ2v) is 5.11. The summed E-state index contributed by atoms with van der Waals surface area (Å²) in [7, 11) is 0. The number of carbonyl (C=O) groups excluding carboxylic acids is 1. The summed E-state index contributed by atoms with van der Waals surface area (Å²) in [5.74, 6) is -1.31. The zero-order valence-corrected chi connectivity index (χ0v) is 12.0. The average molecular weight is 315 g/mol. The Morgan fingerprint density at radius 1 is 1.23 bits per heavy atom. The number of benzene rings is 2. The first-order valence-electron chi connectivity index (χ1n) is 6.46. The minimum absolute atomic E-state index is 0.00124. The summed E-state index contributed by atoms with van der Waals surface area (Å²) >= 11 is 5.82. The van der Waals surface area contributed by atoms with Crippen molar-refractivity contribution in [2.24, 2.45) is 0 Å². The third kappa shape index (κ3) is 2.54. The molecule has 0 saturated carbocycles. The zero-order chi connectivity index (χ0) is 15.7. The van der Waals surface area contributed by atoms with Gasteiger partial charge in [-0.1, -0.05) is 29.8 Å². The highest BCUT2D eigenvalue weighted by molar-refractivity contribution is 6.33. The van der Waals surface area contributed by atoms with Gasteiger partial charge in [-0.25, -0.2) is 4.79 Å². The van der Waals surface area contributed by atoms with Crippen molar-refractivity contribution in [3.63, 3.8) is 0 Å². The van der Waals surface area contributed by atoms with Crippen molar-refractivity contribution in [1.29, 1.82) is 0 Å². The summed E-state index contributed by atoms with van der Waals surface area (Å²) in [6.45, 7) is 0. The van der Waals surface area contributed by atoms with Gasteiger partial charge in [0.2, 0.25) is 0 Å². The van der Waals surface area contributed by atoms with Gasteiger partial charge in [0.05, 0.1) is 16.2 Å². The van der Waals surface area contributed by atoms with Crippen molar-refractivity contribution in [1.82, 2.24) is 0 Å². The molecule has 2 aromatic carbocycles. The molecule has 0 aromatic heterocycles. The monoisotopic (exact) mass is 314 g/mol. The molecule has 0 saturated heterocycles. The smallest absolute Gasteiger partial charge is 0.337 e. The summed E-state index contributed by atoms with van der Waals surface area (Å²) in [5.41, 5.74) is 2.57. The van der Waals surface area contributed by atoms with Gasteiger partial charge in [0, 0.05) is 23.1 Å². The first-order valence-corrected chi connectivity index (χ1v) is 6.84. The number of rotatable bonds is 3. The Hall–Kier alpha value is -2.79. The van der Waals surface area contributed by atoms with Crippen molar-refractivity contribution in [2.45, 2.75) is 0 Å². The molecule has 1 heterocycles. The minimum Gasteiger partial charge on any atom is -0.478 e. The Balaban J connectivity index is 1.90. The van der Waals surface area contributed by atoms with Gasteiger partial charge in [-0.05, 0) is 24.3 Å². The molecule has 0 unspecified atom stereocenters. The molecule has 6 heteroatoms. The molecule has 0 spiro atoms. The van der Waals surface area contributed by atoms with Gasteiger partial charge >= 0.3 is 5.97 Å². The molecule has 1 aliphatic heterocycles. The van der Waals surface area contributed by atoms with E-state index in [0.29, 0.717) is 11.3 Å². The summed E-state index contributed by atoms with van der Waals surface area (Å²) < 4.78 is 0. The van der Waals surface area contributed by atoms with E-state index in [1.165, 1.54) is 12.1 Å². The number of carboxylic acids is 1. The van der Waals surface area contributed by atoms with Gasteiger partial charge in [-0.2, -0.15) is 0 Å². The number of carbonyl (C=O) groups is 2. The lowest BCUT2D eigenvalue weighted by atomic mass is 10.1. The van der Waals surface area contributed by atoms with E-state index in [1.54, 1.807) is 12.3 Å². The highest BCUT2D eigenvalue weighted by atomic mass is 35.5. The number of halogens is 1. The molecule has 0 aliphatic carbocycles. The van der Waals surface area contributed by atoms with E-state index in [0.717, 1.165) is 11.3 Å². The zero-order valence-electron chi connectivity index (χ0n) is 11.3. The van der Waals surface area contributed by atoms with Crippen LogP contribution >= 0.6 is 11.6 Å². The molecule has 0 fully saturated rings. The summed E-state index contributed by atoms with van der Waals surface area (Å²) in [4.78, 5) is 23.0. The first-order chi connectivity index (χ1) is 10.6. The maximum Gasteiger partial charge on any atom is 0.337 e. The van der Waals surface area contributed by atoms with Crippen LogP contribution in [0.4, 0.5) is 11.4 Å². The molecule has 110 valence electrons. The molecule has 2 aromatic rings. The van der Waals surface area contributed by atoms with Gasteiger partial charge in [-0.3, -0.25) is 4.79 Å². The number of anilines is 2. The number of fused-ring (bicyclic) bond motifs is 1. The summed E-state index contributed by atoms with van der Waals surface area (Å²) in [6, 6.07) is 11.9. The largest absolute Gasteiger partial charge is 0.478 e. The molecule has 1 amide bonds. The predicted octanol–water partition coefficient (Wildman–Crippen LogP) is 3.44. The lowest BCUT2D eigenvalue weighted by Gasteiger charge is -2.05. The van der Waals surface area contributed by atoms with Gasteiger partial charge in [0.1, 0.15) is 0 Å². The Kier molecular flexibility index (Phi) is 3.56. The predicted molar refractivity (Wildman–Crippen MR) is 85.1 cm³/mol. The number of hydrogen-bond acceptors (Lipinski definition) is 3. The van der Waals surface area contributed by atoms with Crippen LogP contribution in [0.2, 0.25) is 5.02 Å². The van der Waals surface area contributed by atoms with E-state index >= 15 is 0 Å². The van der Waals surface area contributed by atoms with Crippen LogP contribution in [0.25, 0.3) is 5.57 Å². The second-order valence-electron chi connectivity index (χ2n) is 4.70. The van der Waals surface area contributed by atoms with E-state index < -0.39 is 5.97 Å². The maximum absolute atomic E-state index is 11.9. The second kappa shape index (κ2) is 5.54. The number of carboxylic acid groups (broad SMARTS) is 1. The van der Waals surface area contributed by atoms with Crippen LogP contribution < -0.4 is 10.6 Å². The highest BCUT2D eigenvalue weighted by Crippen LogP contribution is 2.31. The molecule has 3 rings (SSSR count). The molecule has 1 aliphatic rings. The Bertz CT molecular complexity index is 815. The fraction of sp³-hybridized carbons (Fsp3) is 0. The quantitative estimate of drug-likeness (QED) is 0.758. The SMILES string of the molecule is O=C1Nc2ccccc2C1=CNc1ccc(Cl)c(C(=O)O)c1. The Morgan fingerprint density at radius 2 is 2.00 bits per heavy atom. The molecule has 3 N–H and O–H groups in total. The van der Waals surface area contributed by atoms with Crippen LogP contribution in [0.5, 0.6) is 0 Å². The summed E-state index contributed by atoms with van der Waals surface area (Å²) in [6.07, 6.45) is 1.55. The maximum atomic E-state index is 11.9. The van der Waals surface area contributed by atoms with E-state index in [9.17, 15) is 9.59 Å². The van der Waals surface area contributed by atoms with E-state index in [-0.39, 0.29) is 16.5 Å². The number of para-hydroxylation sites is 1. The Labute approximate surface area is 131 Å². The number of amides is 1. The first kappa shape index (κ1) is 14.2. The molecular weight excluding hydrogens is 304 g/mol. The molecule has 22 heavy (non-hydrogen) atoms. The number of hydrogen-bond donors (Lipinski definition) is 3. The molecular formula is C16H11ClN2O3. The van der Waals surface area contributed by atoms with Crippen LogP contribution in [-0.4, -0.2) is 17.0 Å². The molecule has 5 nitrogen and oxygen atoms in total. The standard InChI is InChI=1S/C16H11ClN2O3/c17-13-6-5-9(7-11(13)16(21)22)18-8-12-10-3-1-2-4-14(10)19-15(12)20/h1-8,18H,(H,19,20)(H,21,22). The van der Waals surface area contributed by atoms with Crippen molar-refractivity contribution < 1.29 is 14.7 Å². The van der Waals surface area contributed by atoms with Crippen molar-refractivity contribution in [3.05, 3.63) is 64.8 Å². The lowest BCUT2D eigenvalue weighted by Crippen LogP contribution is -2.05. The summed E-state index contributed by atoms with van der Waals surface area (Å²) in [5, 5.41) is 14.9. The van der Waals surface area contributed by atoms with Crippen molar-refractivity contribution in [3.8, 4) is 0 Å². The van der Waals surface area contributed by atoms with Crippen LogP contribution in [0.1, 0.15) is 15.9 Å². The van der Waals surface area contributed by atoms with Gasteiger partial charge in [0.25, 0.3) is 5.91 Å².